The van der Waals surface area contributed by atoms with Gasteiger partial charge < -0.3 is 14.8 Å². The number of hydrogen-bond acceptors (Lipinski definition) is 5. The third-order valence-electron chi connectivity index (χ3n) is 4.47. The van der Waals surface area contributed by atoms with Crippen molar-refractivity contribution in [1.29, 1.82) is 0 Å². The highest BCUT2D eigenvalue weighted by atomic mass is 15.3. The van der Waals surface area contributed by atoms with Gasteiger partial charge in [-0.25, -0.2) is 15.0 Å². The van der Waals surface area contributed by atoms with Gasteiger partial charge in [0.2, 0.25) is 0 Å². The van der Waals surface area contributed by atoms with Crippen molar-refractivity contribution >= 4 is 17.0 Å². The van der Waals surface area contributed by atoms with Crippen LogP contribution in [0.4, 0.5) is 5.82 Å². The van der Waals surface area contributed by atoms with Gasteiger partial charge in [0.15, 0.2) is 17.0 Å². The number of piperazine rings is 1. The van der Waals surface area contributed by atoms with E-state index in [0.29, 0.717) is 12.1 Å². The molecule has 0 radical (unpaired) electrons. The van der Waals surface area contributed by atoms with E-state index in [1.54, 1.807) is 6.33 Å². The Hall–Kier alpha value is -1.69. The molecule has 6 heteroatoms. The van der Waals surface area contributed by atoms with E-state index in [2.05, 4.69) is 36.7 Å². The van der Waals surface area contributed by atoms with Crippen LogP contribution in [0.2, 0.25) is 0 Å². The maximum atomic E-state index is 4.60. The maximum Gasteiger partial charge on any atom is 0.165 e. The largest absolute Gasteiger partial charge is 0.352 e. The molecule has 2 aromatic heterocycles. The van der Waals surface area contributed by atoms with Gasteiger partial charge >= 0.3 is 0 Å². The Morgan fingerprint density at radius 3 is 3.00 bits per heavy atom. The molecule has 6 nitrogen and oxygen atoms in total. The smallest absolute Gasteiger partial charge is 0.165 e. The van der Waals surface area contributed by atoms with Crippen LogP contribution in [0, 0.1) is 0 Å². The normalized spacial score (nSPS) is 22.9. The molecule has 1 saturated heterocycles. The Bertz CT molecular complexity index is 630. The molecule has 2 fully saturated rings. The summed E-state index contributed by atoms with van der Waals surface area (Å²) in [6.45, 7) is 5.25. The van der Waals surface area contributed by atoms with Crippen LogP contribution in [0.3, 0.4) is 0 Å². The summed E-state index contributed by atoms with van der Waals surface area (Å²) in [6, 6.07) is 1.16. The van der Waals surface area contributed by atoms with Crippen molar-refractivity contribution in [3.63, 3.8) is 0 Å². The molecule has 1 aliphatic heterocycles. The Kier molecular flexibility index (Phi) is 3.25. The lowest BCUT2D eigenvalue weighted by atomic mass is 10.1. The highest BCUT2D eigenvalue weighted by Gasteiger charge is 2.28. The van der Waals surface area contributed by atoms with Crippen LogP contribution < -0.4 is 10.2 Å². The van der Waals surface area contributed by atoms with Crippen LogP contribution >= 0.6 is 0 Å². The quantitative estimate of drug-likeness (QED) is 0.927. The Morgan fingerprint density at radius 2 is 2.19 bits per heavy atom. The monoisotopic (exact) mass is 286 g/mol. The summed E-state index contributed by atoms with van der Waals surface area (Å²) in [5, 5.41) is 3.59. The second kappa shape index (κ2) is 5.26. The van der Waals surface area contributed by atoms with Gasteiger partial charge in [-0.05, 0) is 19.3 Å². The van der Waals surface area contributed by atoms with Crippen LogP contribution in [0.1, 0.15) is 38.6 Å². The molecule has 0 aromatic carbocycles. The van der Waals surface area contributed by atoms with Gasteiger partial charge in [-0.2, -0.15) is 0 Å². The number of nitrogens with zero attached hydrogens (tertiary/aromatic N) is 5. The number of anilines is 1. The first-order valence-electron chi connectivity index (χ1n) is 8.02. The number of imidazole rings is 1. The van der Waals surface area contributed by atoms with Gasteiger partial charge in [-0.1, -0.05) is 13.3 Å². The molecule has 1 saturated carbocycles. The Balaban J connectivity index is 1.66. The summed E-state index contributed by atoms with van der Waals surface area (Å²) in [4.78, 5) is 16.0. The zero-order valence-corrected chi connectivity index (χ0v) is 12.5. The fourth-order valence-electron chi connectivity index (χ4n) is 3.25. The molecular formula is C15H22N6. The van der Waals surface area contributed by atoms with Crippen LogP contribution in [0.5, 0.6) is 0 Å². The molecule has 2 aromatic rings. The fourth-order valence-corrected chi connectivity index (χ4v) is 3.25. The van der Waals surface area contributed by atoms with E-state index < -0.39 is 0 Å². The molecule has 4 rings (SSSR count). The van der Waals surface area contributed by atoms with Gasteiger partial charge in [-0.3, -0.25) is 0 Å². The van der Waals surface area contributed by atoms with Crippen molar-refractivity contribution in [1.82, 2.24) is 24.8 Å². The Labute approximate surface area is 124 Å². The van der Waals surface area contributed by atoms with Crippen molar-refractivity contribution in [3.8, 4) is 0 Å². The molecule has 21 heavy (non-hydrogen) atoms. The zero-order chi connectivity index (χ0) is 14.2. The molecular weight excluding hydrogens is 264 g/mol. The summed E-state index contributed by atoms with van der Waals surface area (Å²) in [5.74, 6) is 1.00. The molecule has 1 N–H and O–H groups in total. The van der Waals surface area contributed by atoms with Gasteiger partial charge in [-0.15, -0.1) is 0 Å². The molecule has 1 aliphatic carbocycles. The van der Waals surface area contributed by atoms with E-state index >= 15 is 0 Å². The molecule has 3 heterocycles. The van der Waals surface area contributed by atoms with Gasteiger partial charge in [0.1, 0.15) is 6.33 Å². The number of hydrogen-bond donors (Lipinski definition) is 1. The van der Waals surface area contributed by atoms with E-state index in [1.165, 1.54) is 25.7 Å². The minimum Gasteiger partial charge on any atom is -0.352 e. The molecule has 1 unspecified atom stereocenters. The highest BCUT2D eigenvalue weighted by molar-refractivity contribution is 5.83. The van der Waals surface area contributed by atoms with Crippen molar-refractivity contribution in [2.45, 2.75) is 44.7 Å². The number of nitrogens with one attached hydrogen (secondary N) is 1. The minimum atomic E-state index is 0.555. The summed E-state index contributed by atoms with van der Waals surface area (Å²) >= 11 is 0. The standard InChI is InChI=1S/C15H22N6/c1-2-3-11-8-20(7-6-16-11)14-13-15(18-9-17-14)21(10-19-13)12-4-5-12/h9-12,16H,2-8H2,1H3. The van der Waals surface area contributed by atoms with Crippen molar-refractivity contribution in [2.24, 2.45) is 0 Å². The lowest BCUT2D eigenvalue weighted by Gasteiger charge is -2.34. The topological polar surface area (TPSA) is 58.9 Å². The third-order valence-corrected chi connectivity index (χ3v) is 4.47. The van der Waals surface area contributed by atoms with Crippen LogP contribution in [-0.4, -0.2) is 45.2 Å². The predicted octanol–water partition coefficient (Wildman–Crippen LogP) is 1.74. The zero-order valence-electron chi connectivity index (χ0n) is 12.5. The molecule has 0 amide bonds. The second-order valence-corrected chi connectivity index (χ2v) is 6.14. The Morgan fingerprint density at radius 1 is 1.29 bits per heavy atom. The summed E-state index contributed by atoms with van der Waals surface area (Å²) < 4.78 is 2.21. The predicted molar refractivity (Wildman–Crippen MR) is 82.5 cm³/mol. The van der Waals surface area contributed by atoms with E-state index in [-0.39, 0.29) is 0 Å². The number of aromatic nitrogens is 4. The number of rotatable bonds is 4. The third kappa shape index (κ3) is 2.37. The van der Waals surface area contributed by atoms with Gasteiger partial charge in [0.25, 0.3) is 0 Å². The molecule has 1 atom stereocenters. The molecule has 0 spiro atoms. The average molecular weight is 286 g/mol. The van der Waals surface area contributed by atoms with E-state index in [0.717, 1.165) is 36.6 Å². The van der Waals surface area contributed by atoms with Gasteiger partial charge in [0.05, 0.1) is 6.33 Å². The van der Waals surface area contributed by atoms with E-state index in [1.807, 2.05) is 6.33 Å². The first-order valence-corrected chi connectivity index (χ1v) is 8.02. The van der Waals surface area contributed by atoms with Crippen LogP contribution in [-0.2, 0) is 0 Å². The van der Waals surface area contributed by atoms with Gasteiger partial charge in [0, 0.05) is 31.7 Å². The second-order valence-electron chi connectivity index (χ2n) is 6.14. The summed E-state index contributed by atoms with van der Waals surface area (Å²) in [7, 11) is 0. The lowest BCUT2D eigenvalue weighted by Crippen LogP contribution is -2.51. The van der Waals surface area contributed by atoms with Crippen molar-refractivity contribution in [2.75, 3.05) is 24.5 Å². The average Bonchev–Trinajstić information content (AvgIpc) is 3.26. The summed E-state index contributed by atoms with van der Waals surface area (Å²) in [5.41, 5.74) is 1.95. The molecule has 0 bridgehead atoms. The maximum absolute atomic E-state index is 4.60. The van der Waals surface area contributed by atoms with Crippen LogP contribution in [0.25, 0.3) is 11.2 Å². The van der Waals surface area contributed by atoms with E-state index in [4.69, 9.17) is 0 Å². The van der Waals surface area contributed by atoms with E-state index in [9.17, 15) is 0 Å². The molecule has 2 aliphatic rings. The SMILES string of the molecule is CCCC1CN(c2ncnc3c2ncn3C2CC2)CCN1. The first-order chi connectivity index (χ1) is 10.4. The number of fused-ring (bicyclic) bond motifs is 1. The highest BCUT2D eigenvalue weighted by Crippen LogP contribution is 2.37. The molecule has 112 valence electrons. The first kappa shape index (κ1) is 13.0. The summed E-state index contributed by atoms with van der Waals surface area (Å²) in [6.07, 6.45) is 8.54. The minimum absolute atomic E-state index is 0.555. The van der Waals surface area contributed by atoms with Crippen LogP contribution in [0.15, 0.2) is 12.7 Å². The fraction of sp³-hybridized carbons (Fsp3) is 0.667. The van der Waals surface area contributed by atoms with Crippen molar-refractivity contribution < 1.29 is 0 Å². The lowest BCUT2D eigenvalue weighted by molar-refractivity contribution is 0.429. The van der Waals surface area contributed by atoms with Crippen molar-refractivity contribution in [3.05, 3.63) is 12.7 Å².